The molecule has 0 bridgehead atoms. The molecule has 20 rings (SSSR count). The van der Waals surface area contributed by atoms with E-state index >= 15 is 0 Å². The molecule has 17 aromatic carbocycles. The van der Waals surface area contributed by atoms with E-state index in [9.17, 15) is 26.0 Å². The quantitative estimate of drug-likeness (QED) is 0.130. The molecule has 2 nitrogen and oxygen atoms in total. The second kappa shape index (κ2) is 19.7. The van der Waals surface area contributed by atoms with Crippen LogP contribution in [0, 0.1) is 0 Å². The van der Waals surface area contributed by atoms with E-state index in [4.69, 9.17) is 51.3 Å². The highest BCUT2D eigenvalue weighted by molar-refractivity contribution is 6.30. The van der Waals surface area contributed by atoms with Gasteiger partial charge in [-0.2, -0.15) is 0 Å². The molecule has 2 heteroatoms. The Morgan fingerprint density at radius 3 is 1.09 bits per heavy atom. The van der Waals surface area contributed by atoms with Crippen LogP contribution >= 0.6 is 0 Å². The van der Waals surface area contributed by atoms with Gasteiger partial charge in [0.2, 0.25) is 0 Å². The number of furan rings is 2. The normalized spacial score (nSPS) is 20.5. The van der Waals surface area contributed by atoms with Gasteiger partial charge in [-0.3, -0.25) is 0 Å². The van der Waals surface area contributed by atoms with Crippen LogP contribution in [0.25, 0.3) is 186 Å². The summed E-state index contributed by atoms with van der Waals surface area (Å²) >= 11 is 0. The predicted molar refractivity (Wildman–Crippen MR) is 387 cm³/mol. The maximum Gasteiger partial charge on any atom is 0.136 e. The Kier molecular flexibility index (Phi) is 4.87. The van der Waals surface area contributed by atoms with Crippen molar-refractivity contribution in [3.63, 3.8) is 0 Å². The maximum atomic E-state index is 9.92. The van der Waals surface area contributed by atoms with E-state index in [-0.39, 0.29) is 22.3 Å². The first-order valence-corrected chi connectivity index (χ1v) is 27.6. The molecule has 2 aromatic heterocycles. The molecule has 0 radical (unpaired) electrons. The second-order valence-corrected chi connectivity index (χ2v) is 21.4. The fraction of sp³-hybridized carbons (Fsp3) is 0.0337. The molecule has 424 valence electrons. The molecule has 1 aliphatic carbocycles. The molecule has 0 unspecified atom stereocenters. The first-order valence-electron chi connectivity index (χ1n) is 52.6. The van der Waals surface area contributed by atoms with Gasteiger partial charge in [0.15, 0.2) is 0 Å². The maximum absolute atomic E-state index is 9.92. The van der Waals surface area contributed by atoms with E-state index in [0.29, 0.717) is 0 Å². The van der Waals surface area contributed by atoms with Crippen LogP contribution in [-0.4, -0.2) is 0 Å². The minimum absolute atomic E-state index is 0.00253. The van der Waals surface area contributed by atoms with Crippen LogP contribution < -0.4 is 0 Å². The molecule has 2 heterocycles. The van der Waals surface area contributed by atoms with E-state index in [1.54, 1.807) is 13.8 Å². The molecule has 0 N–H and O–H groups in total. The summed E-state index contributed by atoms with van der Waals surface area (Å²) in [5.41, 5.74) is -9.50. The average molecular weight is 1210 g/mol. The fourth-order valence-corrected chi connectivity index (χ4v) is 12.4. The summed E-state index contributed by atoms with van der Waals surface area (Å²) in [4.78, 5) is 0. The lowest BCUT2D eigenvalue weighted by molar-refractivity contribution is 0.660. The third-order valence-electron chi connectivity index (χ3n) is 16.3. The molecule has 0 saturated carbocycles. The number of hydrogen-bond acceptors (Lipinski definition) is 2. The van der Waals surface area contributed by atoms with Crippen LogP contribution in [0.2, 0.25) is 0 Å². The van der Waals surface area contributed by atoms with Crippen molar-refractivity contribution < 1.29 is 77.4 Å². The summed E-state index contributed by atoms with van der Waals surface area (Å²) in [5.74, 6) is 0. The zero-order valence-electron chi connectivity index (χ0n) is 96.3. The van der Waals surface area contributed by atoms with Gasteiger partial charge in [-0.05, 0) is 201 Å². The molecule has 91 heavy (non-hydrogen) atoms. The van der Waals surface area contributed by atoms with Crippen molar-refractivity contribution >= 4 is 130 Å². The summed E-state index contributed by atoms with van der Waals surface area (Å²) in [6.45, 7) is 3.10. The summed E-state index contributed by atoms with van der Waals surface area (Å²) in [6.07, 6.45) is 0. The van der Waals surface area contributed by atoms with Crippen molar-refractivity contribution in [1.29, 1.82) is 0 Å². The Balaban J connectivity index is 0.000000179. The highest BCUT2D eigenvalue weighted by atomic mass is 16.3. The van der Waals surface area contributed by atoms with E-state index in [1.165, 1.54) is 0 Å². The van der Waals surface area contributed by atoms with Crippen LogP contribution in [0.15, 0.2) is 311 Å². The molecular formula is C89H56O2. The number of hydrogen-bond donors (Lipinski definition) is 0. The Labute approximate surface area is 595 Å². The molecule has 0 atom stereocenters. The first kappa shape index (κ1) is 22.5. The Morgan fingerprint density at radius 1 is 0.231 bits per heavy atom. The van der Waals surface area contributed by atoms with E-state index in [0.717, 1.165) is 0 Å². The lowest BCUT2D eigenvalue weighted by Gasteiger charge is -2.22. The van der Waals surface area contributed by atoms with Crippen LogP contribution in [0.1, 0.15) is 93.5 Å². The van der Waals surface area contributed by atoms with Crippen molar-refractivity contribution in [2.75, 3.05) is 0 Å². The minimum Gasteiger partial charge on any atom is -0.456 e. The highest BCUT2D eigenvalue weighted by Gasteiger charge is 2.35. The minimum atomic E-state index is -1.43. The SMILES string of the molecule is [2H]c1c([2H])c(-c2c3c([2H])c([2H])c([2H])c([2H])c3c(-c3c([2H])c4c([2H])c([2H])c([2H])c([2H])c4c4c([2H])c([2H])c([2H])c([2H])c34)c3c([2H])c([2H])c([2H])c([2H])c23)c2c(oc3c([2H])c4c([2H])c([2H])c([2H])c([2H])c4c([2H])c32)c1[2H].[2H]c1c([2H])c([2H])c2c(c1[2H])-c1c([2H])c(-c3c4c([2H])c([2H])c([2H])c([2H])c4c(-c4c([2H])c([2H])c([2H])c5oc6c([2H])c7c([2H])c([2H])c([2H])c([2H])c7c([2H])c6c45)c4c([2H])c([2H])c([2H])c([2H])c34)c([2H])c([2H])c1C2(C)C. The third kappa shape index (κ3) is 7.67. The molecule has 19 aromatic rings. The topological polar surface area (TPSA) is 26.3 Å². The largest absolute Gasteiger partial charge is 0.456 e. The molecule has 0 amide bonds. The molecule has 0 aliphatic heterocycles. The van der Waals surface area contributed by atoms with Gasteiger partial charge < -0.3 is 8.83 Å². The van der Waals surface area contributed by atoms with E-state index < -0.39 is 482 Å². The van der Waals surface area contributed by atoms with Crippen LogP contribution in [0.5, 0.6) is 0 Å². The summed E-state index contributed by atoms with van der Waals surface area (Å²) in [6, 6.07) is -41.9. The van der Waals surface area contributed by atoms with E-state index in [1.807, 2.05) is 0 Å². The van der Waals surface area contributed by atoms with Crippen LogP contribution in [-0.2, 0) is 5.41 Å². The van der Waals surface area contributed by atoms with Gasteiger partial charge in [-0.1, -0.05) is 268 Å². The summed E-state index contributed by atoms with van der Waals surface area (Å²) in [7, 11) is 0. The number of benzene rings is 17. The van der Waals surface area contributed by atoms with Gasteiger partial charge in [0.05, 0.1) is 68.5 Å². The molecule has 1 aliphatic rings. The van der Waals surface area contributed by atoms with Crippen LogP contribution in [0.3, 0.4) is 0 Å². The number of fused-ring (bicyclic) bond motifs is 18. The molecule has 0 fully saturated rings. The Morgan fingerprint density at radius 2 is 0.593 bits per heavy atom. The second-order valence-electron chi connectivity index (χ2n) is 21.4. The van der Waals surface area contributed by atoms with Crippen molar-refractivity contribution in [2.24, 2.45) is 0 Å². The zero-order chi connectivity index (χ0) is 104. The monoisotopic (exact) mass is 1210 g/mol. The van der Waals surface area contributed by atoms with Gasteiger partial charge in [-0.15, -0.1) is 0 Å². The first-order chi connectivity index (χ1) is 65.7. The standard InChI is InChI=1S/C45H30O.C44H26O/c1-45(2)38-20-10-9-14-30(38)36-25-29(22-23-39(36)45)42-31-15-5-7-17-33(31)43(34-18-8-6-16-32(34)42)35-19-11-21-40-44(35)37-24-27-12-3-4-13-28(27)26-41(37)46-40;1-2-13-28-26-41-39(24-27(28)12-1)44-37(22-11-23-40(44)45-41)42-33-18-7-9-20-35(33)43(36-21-10-8-19-34(36)42)38-25-29-14-3-4-15-30(29)31-16-5-6-17-32(31)38/h3-26H,1-2H3;1-26H/i3D,4D,5D,6D,7D,8D,9D,10D,11D,12D,13D,14D,15D,16D,17D,18D,19D,20D,21D,22D,23D,24D,25D,26D;1D,2D,3D,4D,5D,6D,7D,8D,9D,10D,11D,12D,13D,14D,15D,16D,17D,18D,19D,20D,21D,22D,23D,24D,25D,26D. The Hall–Kier alpha value is -11.6. The van der Waals surface area contributed by atoms with Gasteiger partial charge in [0, 0.05) is 27.0 Å². The van der Waals surface area contributed by atoms with Gasteiger partial charge >= 0.3 is 0 Å². The Bertz CT molecular complexity index is 9270. The molecule has 0 saturated heterocycles. The summed E-state index contributed by atoms with van der Waals surface area (Å²) < 4.78 is 465. The van der Waals surface area contributed by atoms with Crippen molar-refractivity contribution in [3.05, 3.63) is 313 Å². The lowest BCUT2D eigenvalue weighted by atomic mass is 9.81. The van der Waals surface area contributed by atoms with Gasteiger partial charge in [0.25, 0.3) is 0 Å². The smallest absolute Gasteiger partial charge is 0.136 e. The zero-order valence-corrected chi connectivity index (χ0v) is 46.3. The lowest BCUT2D eigenvalue weighted by Crippen LogP contribution is -2.14. The molecular weight excluding hydrogens is 1100 g/mol. The van der Waals surface area contributed by atoms with Crippen LogP contribution in [0.4, 0.5) is 0 Å². The van der Waals surface area contributed by atoms with E-state index in [2.05, 4.69) is 0 Å². The fourth-order valence-electron chi connectivity index (χ4n) is 12.4. The average Bonchev–Trinajstić information content (AvgIpc) is 1.44. The van der Waals surface area contributed by atoms with Crippen molar-refractivity contribution in [3.8, 4) is 55.6 Å². The van der Waals surface area contributed by atoms with Gasteiger partial charge in [-0.25, -0.2) is 0 Å². The highest BCUT2D eigenvalue weighted by Crippen LogP contribution is 2.54. The predicted octanol–water partition coefficient (Wildman–Crippen LogP) is 25.4. The van der Waals surface area contributed by atoms with Gasteiger partial charge in [0.1, 0.15) is 22.3 Å². The summed E-state index contributed by atoms with van der Waals surface area (Å²) in [5, 5.41) is -11.6. The van der Waals surface area contributed by atoms with Crippen molar-refractivity contribution in [1.82, 2.24) is 0 Å². The van der Waals surface area contributed by atoms with Crippen molar-refractivity contribution in [2.45, 2.75) is 19.3 Å². The third-order valence-corrected chi connectivity index (χ3v) is 16.3. The number of rotatable bonds is 4. The molecule has 0 spiro atoms.